The van der Waals surface area contributed by atoms with Crippen LogP contribution in [0.15, 0.2) is 53.3 Å². The van der Waals surface area contributed by atoms with E-state index in [4.69, 9.17) is 29.4 Å². The fourth-order valence-electron chi connectivity index (χ4n) is 2.75. The van der Waals surface area contributed by atoms with Crippen LogP contribution in [0.5, 0.6) is 0 Å². The van der Waals surface area contributed by atoms with Crippen molar-refractivity contribution in [2.75, 3.05) is 20.0 Å². The molecule has 4 nitrogen and oxygen atoms in total. The maximum atomic E-state index is 13.8. The Bertz CT molecular complexity index is 1550. The Labute approximate surface area is 184 Å². The Balaban J connectivity index is 2.16. The van der Waals surface area contributed by atoms with E-state index in [1.54, 1.807) is 30.3 Å². The molecule has 140 valence electrons. The molecule has 1 aliphatic heterocycles. The third kappa shape index (κ3) is 3.92. The van der Waals surface area contributed by atoms with E-state index < -0.39 is 55.6 Å². The average molecular weight is 396 g/mol. The molecule has 1 unspecified atom stereocenters. The lowest BCUT2D eigenvalue weighted by Crippen LogP contribution is -2.29. The Morgan fingerprint density at radius 3 is 2.74 bits per heavy atom. The third-order valence-corrected chi connectivity index (χ3v) is 4.26. The van der Waals surface area contributed by atoms with Crippen LogP contribution in [0, 0.1) is 0 Å². The van der Waals surface area contributed by atoms with Gasteiger partial charge in [-0.15, -0.1) is 0 Å². The summed E-state index contributed by atoms with van der Waals surface area (Å²) in [7, 11) is 0. The number of halogens is 1. The second-order valence-corrected chi connectivity index (χ2v) is 6.23. The molecule has 3 aromatic rings. The van der Waals surface area contributed by atoms with Gasteiger partial charge in [-0.25, -0.2) is 4.68 Å². The standard InChI is InChI=1S/C22H24ClN3O/c1-25-13-4-5-18(12-14-25)26-22(27)20-7-3-2-6-19(20)21(24-26)15-16-8-10-17(23)11-9-16/h2-3,6-11,18H,4-5,12-15H2,1H3/i1D3,4D2,5D2,12D2,13D2,14D2,18D. The largest absolute Gasteiger partial charge is 0.306 e. The highest BCUT2D eigenvalue weighted by Crippen LogP contribution is 2.23. The van der Waals surface area contributed by atoms with E-state index in [-0.39, 0.29) is 27.6 Å². The van der Waals surface area contributed by atoms with Gasteiger partial charge >= 0.3 is 0 Å². The SMILES string of the molecule is [2H]C([2H])([2H])N1C([2H])([2H])C([2H])([2H])C([2H])([2H])C([2H])(n2nc(Cc3ccc(Cl)cc3)c3ccccc3c2=O)C([2H])([2H])C1([2H])[2H]. The van der Waals surface area contributed by atoms with Gasteiger partial charge in [-0.3, -0.25) is 4.79 Å². The van der Waals surface area contributed by atoms with Crippen molar-refractivity contribution >= 4 is 22.4 Å². The van der Waals surface area contributed by atoms with Crippen molar-refractivity contribution in [3.05, 3.63) is 75.2 Å². The molecule has 1 fully saturated rings. The minimum absolute atomic E-state index is 0.00167. The molecular weight excluding hydrogens is 358 g/mol. The van der Waals surface area contributed by atoms with Crippen molar-refractivity contribution in [3.8, 4) is 0 Å². The summed E-state index contributed by atoms with van der Waals surface area (Å²) in [5, 5.41) is 4.56. The number of aromatic nitrogens is 2. The van der Waals surface area contributed by atoms with Crippen molar-refractivity contribution in [2.24, 2.45) is 0 Å². The maximum absolute atomic E-state index is 13.8. The fourth-order valence-corrected chi connectivity index (χ4v) is 2.88. The predicted octanol–water partition coefficient (Wildman–Crippen LogP) is 4.30. The van der Waals surface area contributed by atoms with Gasteiger partial charge in [0.05, 0.1) is 18.5 Å². The summed E-state index contributed by atoms with van der Waals surface area (Å²) in [5.41, 5.74) is -0.710. The number of nitrogens with zero attached hydrogens (tertiary/aromatic N) is 3. The van der Waals surface area contributed by atoms with Gasteiger partial charge < -0.3 is 4.90 Å². The molecule has 1 aliphatic rings. The monoisotopic (exact) mass is 395 g/mol. The fraction of sp³-hybridized carbons (Fsp3) is 0.364. The molecule has 0 N–H and O–H groups in total. The summed E-state index contributed by atoms with van der Waals surface area (Å²) in [5.74, 6) is 0. The lowest BCUT2D eigenvalue weighted by molar-refractivity contribution is 0.334. The lowest BCUT2D eigenvalue weighted by Gasteiger charge is -2.19. The molecule has 0 spiro atoms. The number of benzene rings is 2. The van der Waals surface area contributed by atoms with Crippen LogP contribution in [0.25, 0.3) is 10.8 Å². The molecule has 0 aliphatic carbocycles. The summed E-state index contributed by atoms with van der Waals surface area (Å²) < 4.78 is 118. The first-order chi connectivity index (χ1) is 18.5. The normalized spacial score (nSPS) is 38.7. The molecule has 4 rings (SSSR count). The molecule has 0 saturated carbocycles. The van der Waals surface area contributed by atoms with Crippen LogP contribution in [0.4, 0.5) is 0 Å². The molecule has 0 amide bonds. The highest BCUT2D eigenvalue weighted by molar-refractivity contribution is 6.30. The Hall–Kier alpha value is -2.17. The molecule has 5 heteroatoms. The number of rotatable bonds is 3. The second-order valence-electron chi connectivity index (χ2n) is 5.80. The van der Waals surface area contributed by atoms with Crippen LogP contribution in [-0.4, -0.2) is 34.6 Å². The highest BCUT2D eigenvalue weighted by atomic mass is 35.5. The van der Waals surface area contributed by atoms with E-state index in [1.165, 1.54) is 18.2 Å². The number of fused-ring (bicyclic) bond motifs is 1. The molecule has 1 saturated heterocycles. The quantitative estimate of drug-likeness (QED) is 0.663. The topological polar surface area (TPSA) is 38.1 Å². The molecule has 2 heterocycles. The molecule has 2 aromatic carbocycles. The van der Waals surface area contributed by atoms with Gasteiger partial charge in [-0.2, -0.15) is 5.10 Å². The van der Waals surface area contributed by atoms with E-state index in [9.17, 15) is 6.17 Å². The van der Waals surface area contributed by atoms with Crippen LogP contribution in [-0.2, 0) is 6.42 Å². The molecule has 1 aromatic heterocycles. The minimum atomic E-state index is -4.12. The smallest absolute Gasteiger partial charge is 0.274 e. The Morgan fingerprint density at radius 1 is 1.19 bits per heavy atom. The summed E-state index contributed by atoms with van der Waals surface area (Å²) in [6, 6.07) is 8.15. The summed E-state index contributed by atoms with van der Waals surface area (Å²) >= 11 is 5.96. The van der Waals surface area contributed by atoms with Crippen molar-refractivity contribution in [3.63, 3.8) is 0 Å². The molecule has 0 bridgehead atoms. The first-order valence-electron chi connectivity index (χ1n) is 15.0. The van der Waals surface area contributed by atoms with Crippen LogP contribution in [0.1, 0.15) is 55.6 Å². The van der Waals surface area contributed by atoms with E-state index in [1.807, 2.05) is 0 Å². The van der Waals surface area contributed by atoms with E-state index >= 15 is 0 Å². The zero-order valence-electron chi connectivity index (χ0n) is 28.0. The molecule has 27 heavy (non-hydrogen) atoms. The Kier molecular flexibility index (Phi) is 2.34. The zero-order valence-corrected chi connectivity index (χ0v) is 14.7. The van der Waals surface area contributed by atoms with Crippen molar-refractivity contribution in [1.29, 1.82) is 0 Å². The molecule has 1 atom stereocenters. The van der Waals surface area contributed by atoms with Crippen LogP contribution in [0.3, 0.4) is 0 Å². The highest BCUT2D eigenvalue weighted by Gasteiger charge is 2.21. The van der Waals surface area contributed by atoms with Crippen LogP contribution >= 0.6 is 11.6 Å². The van der Waals surface area contributed by atoms with E-state index in [0.717, 1.165) is 0 Å². The van der Waals surface area contributed by atoms with E-state index in [0.29, 0.717) is 10.6 Å². The Morgan fingerprint density at radius 2 is 1.96 bits per heavy atom. The molecule has 0 radical (unpaired) electrons. The van der Waals surface area contributed by atoms with Crippen molar-refractivity contribution in [2.45, 2.75) is 31.6 Å². The van der Waals surface area contributed by atoms with Gasteiger partial charge in [-0.1, -0.05) is 41.9 Å². The third-order valence-electron chi connectivity index (χ3n) is 4.01. The van der Waals surface area contributed by atoms with Gasteiger partial charge in [0.1, 0.15) is 0 Å². The van der Waals surface area contributed by atoms with Crippen molar-refractivity contribution < 1.29 is 19.2 Å². The second kappa shape index (κ2) is 7.83. The lowest BCUT2D eigenvalue weighted by atomic mass is 10.0. The minimum Gasteiger partial charge on any atom is -0.306 e. The maximum Gasteiger partial charge on any atom is 0.274 e. The first kappa shape index (κ1) is 8.06. The summed E-state index contributed by atoms with van der Waals surface area (Å²) in [6.45, 7) is -12.0. The summed E-state index contributed by atoms with van der Waals surface area (Å²) in [4.78, 5) is 13.1. The predicted molar refractivity (Wildman–Crippen MR) is 111 cm³/mol. The number of likely N-dealkylation sites (tertiary alicyclic amines) is 1. The van der Waals surface area contributed by atoms with Crippen LogP contribution in [0.2, 0.25) is 5.02 Å². The molecular formula is C22H24ClN3O. The zero-order chi connectivity index (χ0) is 31.2. The summed E-state index contributed by atoms with van der Waals surface area (Å²) in [6.07, 6.45) is -12.4. The number of hydrogen-bond donors (Lipinski definition) is 0. The van der Waals surface area contributed by atoms with Gasteiger partial charge in [0, 0.05) is 34.6 Å². The number of hydrogen-bond acceptors (Lipinski definition) is 3. The first-order valence-corrected chi connectivity index (χ1v) is 8.42. The van der Waals surface area contributed by atoms with Crippen LogP contribution < -0.4 is 5.56 Å². The van der Waals surface area contributed by atoms with Crippen molar-refractivity contribution in [1.82, 2.24) is 14.7 Å². The van der Waals surface area contributed by atoms with Gasteiger partial charge in [-0.05, 0) is 62.9 Å². The van der Waals surface area contributed by atoms with Gasteiger partial charge in [0.15, 0.2) is 0 Å². The van der Waals surface area contributed by atoms with Gasteiger partial charge in [0.2, 0.25) is 0 Å². The average Bonchev–Trinajstić information content (AvgIpc) is 2.85. The van der Waals surface area contributed by atoms with Gasteiger partial charge in [0.25, 0.3) is 5.56 Å². The van der Waals surface area contributed by atoms with E-state index in [2.05, 4.69) is 5.10 Å².